The fraction of sp³-hybridized carbons (Fsp3) is 0.278. The zero-order chi connectivity index (χ0) is 19.8. The van der Waals surface area contributed by atoms with Crippen LogP contribution >= 0.6 is 0 Å². The SMILES string of the molecule is CC(N)(Cc1ccc(OCc2ccccc2)cc1)C(N)=O.CS(=O)(=O)O. The van der Waals surface area contributed by atoms with E-state index in [4.69, 9.17) is 20.8 Å². The molecule has 2 aromatic rings. The van der Waals surface area contributed by atoms with E-state index < -0.39 is 21.6 Å². The van der Waals surface area contributed by atoms with Crippen molar-refractivity contribution >= 4 is 16.0 Å². The maximum Gasteiger partial charge on any atom is 0.261 e. The van der Waals surface area contributed by atoms with Crippen LogP contribution < -0.4 is 16.2 Å². The van der Waals surface area contributed by atoms with E-state index in [9.17, 15) is 13.2 Å². The highest BCUT2D eigenvalue weighted by Crippen LogP contribution is 2.17. The topological polar surface area (TPSA) is 133 Å². The molecule has 26 heavy (non-hydrogen) atoms. The first-order chi connectivity index (χ1) is 12.0. The molecule has 0 aliphatic carbocycles. The first-order valence-electron chi connectivity index (χ1n) is 7.74. The number of primary amides is 1. The fourth-order valence-electron chi connectivity index (χ4n) is 1.96. The minimum absolute atomic E-state index is 0.404. The first-order valence-corrected chi connectivity index (χ1v) is 9.59. The number of amides is 1. The van der Waals surface area contributed by atoms with Crippen molar-refractivity contribution in [3.63, 3.8) is 0 Å². The summed E-state index contributed by atoms with van der Waals surface area (Å²) in [4.78, 5) is 11.2. The van der Waals surface area contributed by atoms with Crippen molar-refractivity contribution < 1.29 is 22.5 Å². The van der Waals surface area contributed by atoms with Crippen molar-refractivity contribution in [2.45, 2.75) is 25.5 Å². The van der Waals surface area contributed by atoms with Crippen molar-refractivity contribution in [3.8, 4) is 5.75 Å². The minimum atomic E-state index is -3.67. The molecule has 1 amide bonds. The van der Waals surface area contributed by atoms with Crippen molar-refractivity contribution in [1.82, 2.24) is 0 Å². The Labute approximate surface area is 153 Å². The monoisotopic (exact) mass is 380 g/mol. The summed E-state index contributed by atoms with van der Waals surface area (Å²) in [6.45, 7) is 2.16. The molecule has 7 nitrogen and oxygen atoms in total. The highest BCUT2D eigenvalue weighted by molar-refractivity contribution is 7.85. The molecular weight excluding hydrogens is 356 g/mol. The Balaban J connectivity index is 0.000000597. The van der Waals surface area contributed by atoms with Crippen LogP contribution in [0.15, 0.2) is 54.6 Å². The molecule has 5 N–H and O–H groups in total. The molecule has 2 rings (SSSR count). The van der Waals surface area contributed by atoms with Crippen LogP contribution in [-0.4, -0.2) is 30.7 Å². The lowest BCUT2D eigenvalue weighted by molar-refractivity contribution is -0.122. The fourth-order valence-corrected chi connectivity index (χ4v) is 1.96. The third-order valence-electron chi connectivity index (χ3n) is 3.31. The predicted molar refractivity (Wildman–Crippen MR) is 100 cm³/mol. The maximum absolute atomic E-state index is 11.2. The average Bonchev–Trinajstić information content (AvgIpc) is 2.53. The van der Waals surface area contributed by atoms with E-state index in [1.54, 1.807) is 6.92 Å². The zero-order valence-corrected chi connectivity index (χ0v) is 15.6. The van der Waals surface area contributed by atoms with Gasteiger partial charge in [0.25, 0.3) is 10.1 Å². The van der Waals surface area contributed by atoms with Gasteiger partial charge in [-0.15, -0.1) is 0 Å². The van der Waals surface area contributed by atoms with Crippen molar-refractivity contribution in [1.29, 1.82) is 0 Å². The summed E-state index contributed by atoms with van der Waals surface area (Å²) in [6.07, 6.45) is 1.12. The lowest BCUT2D eigenvalue weighted by Crippen LogP contribution is -2.51. The van der Waals surface area contributed by atoms with Gasteiger partial charge in [0.1, 0.15) is 12.4 Å². The second kappa shape index (κ2) is 9.33. The minimum Gasteiger partial charge on any atom is -0.489 e. The third-order valence-corrected chi connectivity index (χ3v) is 3.31. The molecule has 1 unspecified atom stereocenters. The van der Waals surface area contributed by atoms with E-state index >= 15 is 0 Å². The van der Waals surface area contributed by atoms with Crippen LogP contribution in [0.5, 0.6) is 5.75 Å². The van der Waals surface area contributed by atoms with Gasteiger partial charge in [0.05, 0.1) is 11.8 Å². The Morgan fingerprint density at radius 2 is 1.58 bits per heavy atom. The van der Waals surface area contributed by atoms with Gasteiger partial charge in [-0.25, -0.2) is 0 Å². The van der Waals surface area contributed by atoms with Crippen LogP contribution in [0.3, 0.4) is 0 Å². The number of ether oxygens (including phenoxy) is 1. The summed E-state index contributed by atoms with van der Waals surface area (Å²) in [5.41, 5.74) is 12.2. The van der Waals surface area contributed by atoms with Crippen molar-refractivity contribution in [2.24, 2.45) is 11.5 Å². The Bertz CT molecular complexity index is 795. The second-order valence-electron chi connectivity index (χ2n) is 6.11. The standard InChI is InChI=1S/C17H20N2O2.CH4O3S/c1-17(19,16(18)20)11-13-7-9-15(10-8-13)21-12-14-5-3-2-4-6-14;1-5(2,3)4/h2-10H,11-12,19H2,1H3,(H2,18,20);1H3,(H,2,3,4). The molecule has 0 saturated carbocycles. The number of hydrogen-bond acceptors (Lipinski definition) is 5. The van der Waals surface area contributed by atoms with Gasteiger partial charge in [0.15, 0.2) is 0 Å². The lowest BCUT2D eigenvalue weighted by atomic mass is 9.93. The van der Waals surface area contributed by atoms with Crippen LogP contribution in [0.1, 0.15) is 18.1 Å². The summed E-state index contributed by atoms with van der Waals surface area (Å²) in [7, 11) is -3.67. The lowest BCUT2D eigenvalue weighted by Gasteiger charge is -2.20. The van der Waals surface area contributed by atoms with Crippen LogP contribution in [0.2, 0.25) is 0 Å². The van der Waals surface area contributed by atoms with Crippen LogP contribution in [0, 0.1) is 0 Å². The molecule has 0 aromatic heterocycles. The molecule has 2 aromatic carbocycles. The quantitative estimate of drug-likeness (QED) is 0.651. The smallest absolute Gasteiger partial charge is 0.261 e. The number of hydrogen-bond donors (Lipinski definition) is 3. The van der Waals surface area contributed by atoms with E-state index in [2.05, 4.69) is 0 Å². The molecule has 142 valence electrons. The summed E-state index contributed by atoms with van der Waals surface area (Å²) < 4.78 is 31.6. The zero-order valence-electron chi connectivity index (χ0n) is 14.8. The molecule has 0 aliphatic rings. The highest BCUT2D eigenvalue weighted by atomic mass is 32.2. The van der Waals surface area contributed by atoms with Gasteiger partial charge in [0, 0.05) is 0 Å². The molecular formula is C18H24N2O5S. The molecule has 0 saturated heterocycles. The third kappa shape index (κ3) is 9.16. The Hall–Kier alpha value is -2.42. The van der Waals surface area contributed by atoms with Crippen molar-refractivity contribution in [3.05, 3.63) is 65.7 Å². The molecule has 0 heterocycles. The number of carbonyl (C=O) groups is 1. The van der Waals surface area contributed by atoms with E-state index in [-0.39, 0.29) is 0 Å². The van der Waals surface area contributed by atoms with Crippen LogP contribution in [0.25, 0.3) is 0 Å². The Morgan fingerprint density at radius 1 is 1.08 bits per heavy atom. The van der Waals surface area contributed by atoms with Gasteiger partial charge in [-0.3, -0.25) is 9.35 Å². The van der Waals surface area contributed by atoms with E-state index in [1.807, 2.05) is 54.6 Å². The normalized spacial score (nSPS) is 13.1. The molecule has 0 spiro atoms. The molecule has 0 fully saturated rings. The largest absolute Gasteiger partial charge is 0.489 e. The average molecular weight is 380 g/mol. The number of benzene rings is 2. The Morgan fingerprint density at radius 3 is 2.04 bits per heavy atom. The van der Waals surface area contributed by atoms with E-state index in [0.29, 0.717) is 19.3 Å². The highest BCUT2D eigenvalue weighted by Gasteiger charge is 2.25. The molecule has 0 aliphatic heterocycles. The first kappa shape index (κ1) is 21.6. The summed E-state index contributed by atoms with van der Waals surface area (Å²) in [5.74, 6) is 0.271. The van der Waals surface area contributed by atoms with Gasteiger partial charge < -0.3 is 16.2 Å². The van der Waals surface area contributed by atoms with Gasteiger partial charge in [-0.05, 0) is 36.6 Å². The predicted octanol–water partition coefficient (Wildman–Crippen LogP) is 1.51. The molecule has 0 radical (unpaired) electrons. The van der Waals surface area contributed by atoms with E-state index in [1.165, 1.54) is 0 Å². The molecule has 0 bridgehead atoms. The Kier molecular flexibility index (Phi) is 7.76. The van der Waals surface area contributed by atoms with Crippen LogP contribution in [0.4, 0.5) is 0 Å². The van der Waals surface area contributed by atoms with Gasteiger partial charge in [0.2, 0.25) is 5.91 Å². The number of carbonyl (C=O) groups excluding carboxylic acids is 1. The molecule has 1 atom stereocenters. The number of rotatable bonds is 6. The second-order valence-corrected chi connectivity index (χ2v) is 7.58. The summed E-state index contributed by atoms with van der Waals surface area (Å²) in [6, 6.07) is 17.5. The van der Waals surface area contributed by atoms with Gasteiger partial charge in [-0.2, -0.15) is 8.42 Å². The van der Waals surface area contributed by atoms with Crippen molar-refractivity contribution in [2.75, 3.05) is 6.26 Å². The van der Waals surface area contributed by atoms with Gasteiger partial charge in [-0.1, -0.05) is 42.5 Å². The number of nitrogens with two attached hydrogens (primary N) is 2. The van der Waals surface area contributed by atoms with Crippen LogP contribution in [-0.2, 0) is 27.9 Å². The van der Waals surface area contributed by atoms with E-state index in [0.717, 1.165) is 16.9 Å². The molecule has 8 heteroatoms. The summed E-state index contributed by atoms with van der Waals surface area (Å²) in [5, 5.41) is 0. The summed E-state index contributed by atoms with van der Waals surface area (Å²) >= 11 is 0. The maximum atomic E-state index is 11.2. The van der Waals surface area contributed by atoms with Gasteiger partial charge >= 0.3 is 0 Å².